The van der Waals surface area contributed by atoms with Gasteiger partial charge in [0.1, 0.15) is 12.0 Å². The minimum Gasteiger partial charge on any atom is -0.481 e. The second-order valence-corrected chi connectivity index (χ2v) is 6.83. The molecule has 1 unspecified atom stereocenters. The maximum absolute atomic E-state index is 14.1. The van der Waals surface area contributed by atoms with Crippen LogP contribution in [0.2, 0.25) is 0 Å². The molecule has 0 spiro atoms. The summed E-state index contributed by atoms with van der Waals surface area (Å²) < 4.78 is 19.3. The first-order valence-electron chi connectivity index (χ1n) is 8.73. The number of pyridine rings is 1. The number of nitrogens with zero attached hydrogens (tertiary/aromatic N) is 3. The number of halogens is 1. The van der Waals surface area contributed by atoms with E-state index in [9.17, 15) is 4.39 Å². The predicted octanol–water partition coefficient (Wildman–Crippen LogP) is 4.45. The van der Waals surface area contributed by atoms with Crippen molar-refractivity contribution < 1.29 is 9.13 Å². The molecule has 1 aromatic heterocycles. The molecule has 1 aliphatic heterocycles. The summed E-state index contributed by atoms with van der Waals surface area (Å²) in [6.07, 6.45) is 5.87. The van der Waals surface area contributed by atoms with Gasteiger partial charge in [-0.2, -0.15) is 0 Å². The van der Waals surface area contributed by atoms with Gasteiger partial charge in [-0.15, -0.1) is 0 Å². The van der Waals surface area contributed by atoms with E-state index in [2.05, 4.69) is 28.7 Å². The summed E-state index contributed by atoms with van der Waals surface area (Å²) >= 11 is 0. The van der Waals surface area contributed by atoms with E-state index in [1.54, 1.807) is 13.2 Å². The highest BCUT2D eigenvalue weighted by Crippen LogP contribution is 2.43. The smallest absolute Gasteiger partial charge is 0.213 e. The molecule has 0 N–H and O–H groups in total. The molecule has 2 aliphatic rings. The average molecular weight is 339 g/mol. The van der Waals surface area contributed by atoms with Gasteiger partial charge in [0.05, 0.1) is 25.0 Å². The fourth-order valence-corrected chi connectivity index (χ4v) is 3.56. The summed E-state index contributed by atoms with van der Waals surface area (Å²) in [4.78, 5) is 11.2. The SMILES string of the molecule is COc1cc2c(cn1)N([C@H](C)c1ccc(F)c(C3CC3)c1)C(C)N=C2. The molecule has 25 heavy (non-hydrogen) atoms. The van der Waals surface area contributed by atoms with Crippen LogP contribution in [-0.4, -0.2) is 24.5 Å². The molecule has 2 aromatic rings. The van der Waals surface area contributed by atoms with Crippen LogP contribution in [0.1, 0.15) is 55.3 Å². The van der Waals surface area contributed by atoms with Crippen LogP contribution in [0.3, 0.4) is 0 Å². The zero-order valence-corrected chi connectivity index (χ0v) is 14.7. The Bertz CT molecular complexity index is 832. The van der Waals surface area contributed by atoms with Crippen molar-refractivity contribution in [3.63, 3.8) is 0 Å². The summed E-state index contributed by atoms with van der Waals surface area (Å²) in [6.45, 7) is 4.20. The quantitative estimate of drug-likeness (QED) is 0.826. The number of fused-ring (bicyclic) bond motifs is 1. The lowest BCUT2D eigenvalue weighted by atomic mass is 9.99. The molecule has 1 aliphatic carbocycles. The maximum Gasteiger partial charge on any atom is 0.213 e. The van der Waals surface area contributed by atoms with Gasteiger partial charge in [0.15, 0.2) is 0 Å². The predicted molar refractivity (Wildman–Crippen MR) is 97.1 cm³/mol. The van der Waals surface area contributed by atoms with Crippen molar-refractivity contribution in [3.05, 3.63) is 53.0 Å². The Labute approximate surface area is 147 Å². The van der Waals surface area contributed by atoms with Crippen molar-refractivity contribution in [3.8, 4) is 5.88 Å². The molecular formula is C20H22FN3O. The molecule has 1 aromatic carbocycles. The Morgan fingerprint density at radius 1 is 1.28 bits per heavy atom. The largest absolute Gasteiger partial charge is 0.481 e. The molecule has 2 heterocycles. The fraction of sp³-hybridized carbons (Fsp3) is 0.400. The second kappa shape index (κ2) is 6.14. The number of hydrogen-bond donors (Lipinski definition) is 0. The summed E-state index contributed by atoms with van der Waals surface area (Å²) in [5, 5.41) is 0. The third-order valence-corrected chi connectivity index (χ3v) is 5.14. The summed E-state index contributed by atoms with van der Waals surface area (Å²) in [5.41, 5.74) is 3.97. The van der Waals surface area contributed by atoms with Crippen LogP contribution in [0.15, 0.2) is 35.5 Å². The van der Waals surface area contributed by atoms with Gasteiger partial charge in [-0.05, 0) is 49.8 Å². The monoisotopic (exact) mass is 339 g/mol. The first-order valence-corrected chi connectivity index (χ1v) is 8.73. The van der Waals surface area contributed by atoms with E-state index in [-0.39, 0.29) is 18.0 Å². The van der Waals surface area contributed by atoms with Crippen LogP contribution in [-0.2, 0) is 0 Å². The van der Waals surface area contributed by atoms with Crippen LogP contribution in [0.4, 0.5) is 10.1 Å². The summed E-state index contributed by atoms with van der Waals surface area (Å²) in [5.74, 6) is 0.877. The number of aromatic nitrogens is 1. The van der Waals surface area contributed by atoms with E-state index in [1.807, 2.05) is 30.6 Å². The van der Waals surface area contributed by atoms with Gasteiger partial charge in [0.2, 0.25) is 5.88 Å². The number of benzene rings is 1. The molecule has 0 amide bonds. The second-order valence-electron chi connectivity index (χ2n) is 6.83. The molecule has 4 nitrogen and oxygen atoms in total. The molecule has 130 valence electrons. The average Bonchev–Trinajstić information content (AvgIpc) is 3.46. The normalized spacial score (nSPS) is 20.3. The molecular weight excluding hydrogens is 317 g/mol. The Morgan fingerprint density at radius 3 is 2.80 bits per heavy atom. The van der Waals surface area contributed by atoms with Crippen LogP contribution < -0.4 is 9.64 Å². The van der Waals surface area contributed by atoms with E-state index in [0.29, 0.717) is 11.8 Å². The lowest BCUT2D eigenvalue weighted by molar-refractivity contribution is 0.397. The first kappa shape index (κ1) is 16.1. The third kappa shape index (κ3) is 2.88. The van der Waals surface area contributed by atoms with E-state index in [4.69, 9.17) is 4.74 Å². The van der Waals surface area contributed by atoms with Gasteiger partial charge in [-0.3, -0.25) is 4.99 Å². The summed E-state index contributed by atoms with van der Waals surface area (Å²) in [7, 11) is 1.61. The molecule has 1 fully saturated rings. The zero-order chi connectivity index (χ0) is 17.6. The molecule has 2 atom stereocenters. The lowest BCUT2D eigenvalue weighted by Gasteiger charge is -2.38. The zero-order valence-electron chi connectivity index (χ0n) is 14.7. The minimum absolute atomic E-state index is 0.00729. The lowest BCUT2D eigenvalue weighted by Crippen LogP contribution is -2.37. The Kier molecular flexibility index (Phi) is 3.94. The molecule has 0 radical (unpaired) electrons. The molecule has 0 saturated heterocycles. The highest BCUT2D eigenvalue weighted by atomic mass is 19.1. The fourth-order valence-electron chi connectivity index (χ4n) is 3.56. The molecule has 0 bridgehead atoms. The van der Waals surface area contributed by atoms with Gasteiger partial charge < -0.3 is 9.64 Å². The van der Waals surface area contributed by atoms with Crippen molar-refractivity contribution >= 4 is 11.9 Å². The Morgan fingerprint density at radius 2 is 2.08 bits per heavy atom. The van der Waals surface area contributed by atoms with Crippen molar-refractivity contribution in [2.45, 2.75) is 44.8 Å². The van der Waals surface area contributed by atoms with Crippen molar-refractivity contribution in [2.24, 2.45) is 4.99 Å². The molecule has 5 heteroatoms. The van der Waals surface area contributed by atoms with Crippen molar-refractivity contribution in [1.82, 2.24) is 4.98 Å². The number of aliphatic imine (C=N–C) groups is 1. The Balaban J connectivity index is 1.71. The van der Waals surface area contributed by atoms with Gasteiger partial charge in [0, 0.05) is 17.8 Å². The number of anilines is 1. The van der Waals surface area contributed by atoms with Crippen LogP contribution >= 0.6 is 0 Å². The molecule has 4 rings (SSSR count). The minimum atomic E-state index is -0.0880. The van der Waals surface area contributed by atoms with E-state index in [0.717, 1.165) is 35.2 Å². The standard InChI is InChI=1S/C20H22FN3O/c1-12(15-6-7-18(21)17(8-15)14-4-5-14)24-13(2)22-10-16-9-20(25-3)23-11-19(16)24/h6-14H,4-5H2,1-3H3/t12-,13?/m1/s1. The van der Waals surface area contributed by atoms with Crippen molar-refractivity contribution in [1.29, 1.82) is 0 Å². The highest BCUT2D eigenvalue weighted by Gasteiger charge is 2.30. The van der Waals surface area contributed by atoms with Crippen LogP contribution in [0, 0.1) is 5.82 Å². The number of rotatable bonds is 4. The van der Waals surface area contributed by atoms with E-state index < -0.39 is 0 Å². The molecule has 1 saturated carbocycles. The highest BCUT2D eigenvalue weighted by molar-refractivity contribution is 5.90. The van der Waals surface area contributed by atoms with Gasteiger partial charge in [-0.1, -0.05) is 12.1 Å². The van der Waals surface area contributed by atoms with Gasteiger partial charge in [0.25, 0.3) is 0 Å². The number of hydrogen-bond acceptors (Lipinski definition) is 4. The van der Waals surface area contributed by atoms with Crippen LogP contribution in [0.5, 0.6) is 5.88 Å². The van der Waals surface area contributed by atoms with E-state index in [1.165, 1.54) is 0 Å². The summed E-state index contributed by atoms with van der Waals surface area (Å²) in [6, 6.07) is 7.47. The topological polar surface area (TPSA) is 37.7 Å². The van der Waals surface area contributed by atoms with Crippen LogP contribution in [0.25, 0.3) is 0 Å². The Hall–Kier alpha value is -2.43. The number of methoxy groups -OCH3 is 1. The van der Waals surface area contributed by atoms with E-state index >= 15 is 0 Å². The number of ether oxygens (including phenoxy) is 1. The first-order chi connectivity index (χ1) is 12.1. The third-order valence-electron chi connectivity index (χ3n) is 5.14. The van der Waals surface area contributed by atoms with Gasteiger partial charge in [-0.25, -0.2) is 9.37 Å². The van der Waals surface area contributed by atoms with Crippen molar-refractivity contribution in [2.75, 3.05) is 12.0 Å². The van der Waals surface area contributed by atoms with Gasteiger partial charge >= 0.3 is 0 Å². The maximum atomic E-state index is 14.1.